The third-order valence-corrected chi connectivity index (χ3v) is 9.57. The monoisotopic (exact) mass is 604 g/mol. The molecule has 0 saturated carbocycles. The van der Waals surface area contributed by atoms with Gasteiger partial charge in [0.2, 0.25) is 5.91 Å². The molecule has 10 heteroatoms. The van der Waals surface area contributed by atoms with E-state index in [4.69, 9.17) is 28.2 Å². The number of carboxylic acid groups (broad SMARTS) is 1. The van der Waals surface area contributed by atoms with Crippen molar-refractivity contribution in [3.05, 3.63) is 105 Å². The van der Waals surface area contributed by atoms with Crippen LogP contribution in [0.15, 0.2) is 66.2 Å². The Morgan fingerprint density at radius 3 is 2.76 bits per heavy atom. The van der Waals surface area contributed by atoms with Crippen molar-refractivity contribution in [3.63, 3.8) is 0 Å². The third-order valence-electron chi connectivity index (χ3n) is 9.05. The van der Waals surface area contributed by atoms with Crippen LogP contribution in [0.4, 0.5) is 10.1 Å². The molecule has 214 valence electrons. The van der Waals surface area contributed by atoms with Gasteiger partial charge >= 0.3 is 5.97 Å². The van der Waals surface area contributed by atoms with Gasteiger partial charge in [0.1, 0.15) is 17.2 Å². The molecule has 4 aromatic rings. The molecule has 4 atom stereocenters. The molecule has 0 bridgehead atoms. The maximum absolute atomic E-state index is 16.2. The lowest BCUT2D eigenvalue weighted by molar-refractivity contribution is -0.127. The lowest BCUT2D eigenvalue weighted by Gasteiger charge is -2.39. The summed E-state index contributed by atoms with van der Waals surface area (Å²) in [5.41, 5.74) is 2.97. The minimum atomic E-state index is -1.29. The lowest BCUT2D eigenvalue weighted by Crippen LogP contribution is -2.52. The Kier molecular flexibility index (Phi) is 6.24. The van der Waals surface area contributed by atoms with Gasteiger partial charge in [-0.15, -0.1) is 0 Å². The van der Waals surface area contributed by atoms with Crippen LogP contribution >= 0.6 is 23.2 Å². The number of hydrogen-bond donors (Lipinski definition) is 2. The minimum Gasteiger partial charge on any atom is -0.478 e. The van der Waals surface area contributed by atoms with Crippen LogP contribution in [-0.2, 0) is 16.9 Å². The fraction of sp³-hybridized carbons (Fsp3) is 0.281. The fourth-order valence-electron chi connectivity index (χ4n) is 7.43. The Bertz CT molecular complexity index is 1850. The number of rotatable bonds is 4. The molecule has 1 amide bonds. The van der Waals surface area contributed by atoms with Crippen LogP contribution in [-0.4, -0.2) is 44.0 Å². The Morgan fingerprint density at radius 1 is 1.19 bits per heavy atom. The number of fused-ring (bicyclic) bond motifs is 7. The lowest BCUT2D eigenvalue weighted by atomic mass is 9.70. The van der Waals surface area contributed by atoms with Crippen LogP contribution in [0.5, 0.6) is 0 Å². The maximum Gasteiger partial charge on any atom is 0.335 e. The fourth-order valence-corrected chi connectivity index (χ4v) is 7.78. The van der Waals surface area contributed by atoms with Gasteiger partial charge < -0.3 is 15.0 Å². The number of benzene rings is 3. The van der Waals surface area contributed by atoms with Gasteiger partial charge in [0.15, 0.2) is 0 Å². The van der Waals surface area contributed by atoms with Crippen LogP contribution in [0.1, 0.15) is 59.4 Å². The highest BCUT2D eigenvalue weighted by Crippen LogP contribution is 2.64. The zero-order chi connectivity index (χ0) is 29.5. The largest absolute Gasteiger partial charge is 0.478 e. The number of nitrogens with one attached hydrogen (secondary N) is 1. The highest BCUT2D eigenvalue weighted by molar-refractivity contribution is 6.31. The number of carbonyl (C=O) groups excluding carboxylic acids is 1. The van der Waals surface area contributed by atoms with Crippen molar-refractivity contribution < 1.29 is 19.1 Å². The van der Waals surface area contributed by atoms with E-state index in [1.165, 1.54) is 6.07 Å². The molecule has 7 rings (SSSR count). The quantitative estimate of drug-likeness (QED) is 0.246. The van der Waals surface area contributed by atoms with Crippen LogP contribution in [0.2, 0.25) is 10.0 Å². The second-order valence-electron chi connectivity index (χ2n) is 11.5. The Balaban J connectivity index is 1.55. The number of aromatic nitrogens is 2. The van der Waals surface area contributed by atoms with Gasteiger partial charge in [0, 0.05) is 47.2 Å². The third kappa shape index (κ3) is 3.71. The molecule has 3 aliphatic rings. The van der Waals surface area contributed by atoms with Gasteiger partial charge in [-0.25, -0.2) is 14.2 Å². The minimum absolute atomic E-state index is 0.0212. The number of imidazole rings is 1. The van der Waals surface area contributed by atoms with E-state index in [2.05, 4.69) is 20.9 Å². The zero-order valence-electron chi connectivity index (χ0n) is 22.9. The van der Waals surface area contributed by atoms with E-state index in [0.29, 0.717) is 47.1 Å². The zero-order valence-corrected chi connectivity index (χ0v) is 24.4. The number of likely N-dealkylation sites (tertiary alicyclic amines) is 1. The summed E-state index contributed by atoms with van der Waals surface area (Å²) in [6.45, 7) is 5.09. The molecule has 2 N–H and O–H groups in total. The van der Waals surface area contributed by atoms with E-state index in [1.54, 1.807) is 42.5 Å². The SMILES string of the molecule is CC(C)=CCN1[C@H]2CCn3c(nc4cc(C(=O)O)ccc43)[C@H]2[C@H](c2cccc(Cl)c2F)[C@]12C(=O)Nc1cc(Cl)ccc12. The first-order chi connectivity index (χ1) is 20.1. The predicted octanol–water partition coefficient (Wildman–Crippen LogP) is 6.95. The molecule has 1 aromatic heterocycles. The number of anilines is 1. The average molecular weight is 605 g/mol. The number of aryl methyl sites for hydroxylation is 1. The van der Waals surface area contributed by atoms with Crippen molar-refractivity contribution in [2.24, 2.45) is 0 Å². The van der Waals surface area contributed by atoms with E-state index < -0.39 is 29.2 Å². The number of aromatic carboxylic acids is 1. The topological polar surface area (TPSA) is 87.5 Å². The van der Waals surface area contributed by atoms with Gasteiger partial charge in [-0.2, -0.15) is 0 Å². The predicted molar refractivity (Wildman–Crippen MR) is 160 cm³/mol. The van der Waals surface area contributed by atoms with Crippen LogP contribution < -0.4 is 5.32 Å². The standard InChI is InChI=1S/C32H27Cl2FN4O3/c1-16(2)10-13-39-25-11-12-38-24-9-6-17(30(40)41)14-23(24)36-29(38)26(25)27(19-4-3-5-21(34)28(19)35)32(39)20-8-7-18(33)15-22(20)37-31(32)42/h3-10,14-15,25-27H,11-13H2,1-2H3,(H,37,42)(H,40,41)/t25-,26+,27-,32+/m0/s1. The van der Waals surface area contributed by atoms with Crippen molar-refractivity contribution >= 4 is 51.8 Å². The van der Waals surface area contributed by atoms with Crippen molar-refractivity contribution in [3.8, 4) is 0 Å². The van der Waals surface area contributed by atoms with E-state index in [0.717, 1.165) is 16.7 Å². The summed E-state index contributed by atoms with van der Waals surface area (Å²) in [7, 11) is 0. The summed E-state index contributed by atoms with van der Waals surface area (Å²) < 4.78 is 18.3. The first-order valence-corrected chi connectivity index (χ1v) is 14.6. The van der Waals surface area contributed by atoms with Crippen molar-refractivity contribution in [2.45, 2.75) is 50.2 Å². The number of amides is 1. The van der Waals surface area contributed by atoms with E-state index in [1.807, 2.05) is 19.9 Å². The molecule has 0 radical (unpaired) electrons. The van der Waals surface area contributed by atoms with Crippen molar-refractivity contribution in [1.82, 2.24) is 14.5 Å². The van der Waals surface area contributed by atoms with Crippen LogP contribution in [0.3, 0.4) is 0 Å². The number of carboxylic acids is 1. The molecule has 3 aromatic carbocycles. The molecule has 0 aliphatic carbocycles. The number of halogens is 3. The van der Waals surface area contributed by atoms with Gasteiger partial charge in [0.25, 0.3) is 0 Å². The smallest absolute Gasteiger partial charge is 0.335 e. The highest BCUT2D eigenvalue weighted by Gasteiger charge is 2.68. The molecule has 1 saturated heterocycles. The summed E-state index contributed by atoms with van der Waals surface area (Å²) in [4.78, 5) is 33.4. The van der Waals surface area contributed by atoms with Crippen molar-refractivity contribution in [1.29, 1.82) is 0 Å². The molecule has 42 heavy (non-hydrogen) atoms. The second-order valence-corrected chi connectivity index (χ2v) is 12.3. The van der Waals surface area contributed by atoms with E-state index in [-0.39, 0.29) is 22.5 Å². The Labute approximate surface area is 251 Å². The first-order valence-electron chi connectivity index (χ1n) is 13.8. The summed E-state index contributed by atoms with van der Waals surface area (Å²) >= 11 is 12.7. The molecular formula is C32H27Cl2FN4O3. The maximum atomic E-state index is 16.2. The summed E-state index contributed by atoms with van der Waals surface area (Å²) in [6.07, 6.45) is 2.77. The van der Waals surface area contributed by atoms with Crippen LogP contribution in [0, 0.1) is 5.82 Å². The molecule has 0 unspecified atom stereocenters. The Morgan fingerprint density at radius 2 is 2.00 bits per heavy atom. The Hall–Kier alpha value is -3.72. The van der Waals surface area contributed by atoms with Gasteiger partial charge in [-0.05, 0) is 62.2 Å². The molecule has 3 aliphatic heterocycles. The number of carbonyl (C=O) groups is 2. The molecule has 7 nitrogen and oxygen atoms in total. The molecule has 4 heterocycles. The second kappa shape index (κ2) is 9.66. The highest BCUT2D eigenvalue weighted by atomic mass is 35.5. The average Bonchev–Trinajstić information content (AvgIpc) is 3.56. The number of allylic oxidation sites excluding steroid dienone is 1. The summed E-state index contributed by atoms with van der Waals surface area (Å²) in [5, 5.41) is 13.1. The summed E-state index contributed by atoms with van der Waals surface area (Å²) in [5.74, 6) is -2.28. The molecule has 1 fully saturated rings. The molecular weight excluding hydrogens is 578 g/mol. The number of nitrogens with zero attached hydrogens (tertiary/aromatic N) is 3. The molecule has 1 spiro atoms. The van der Waals surface area contributed by atoms with Gasteiger partial charge in [-0.1, -0.05) is 53.1 Å². The number of hydrogen-bond acceptors (Lipinski definition) is 4. The normalized spacial score (nSPS) is 24.4. The first kappa shape index (κ1) is 27.1. The summed E-state index contributed by atoms with van der Waals surface area (Å²) in [6, 6.07) is 15.0. The van der Waals surface area contributed by atoms with Crippen LogP contribution in [0.25, 0.3) is 11.0 Å². The van der Waals surface area contributed by atoms with E-state index in [9.17, 15) is 14.7 Å². The van der Waals surface area contributed by atoms with Crippen molar-refractivity contribution in [2.75, 3.05) is 11.9 Å². The van der Waals surface area contributed by atoms with Gasteiger partial charge in [-0.3, -0.25) is 9.69 Å². The van der Waals surface area contributed by atoms with E-state index >= 15 is 4.39 Å². The van der Waals surface area contributed by atoms with Gasteiger partial charge in [0.05, 0.1) is 21.6 Å².